The minimum Gasteiger partial charge on any atom is -0.342 e. The minimum atomic E-state index is -4.54. The normalized spacial score (nSPS) is 14.3. The first-order valence-corrected chi connectivity index (χ1v) is 9.58. The zero-order valence-electron chi connectivity index (χ0n) is 15.5. The first-order chi connectivity index (χ1) is 14.7. The molecule has 1 amide bonds. The highest BCUT2D eigenvalue weighted by Crippen LogP contribution is 2.34. The Hall–Kier alpha value is -3.17. The number of amidine groups is 1. The Morgan fingerprint density at radius 2 is 1.87 bits per heavy atom. The molecular weight excluding hydrogens is 454 g/mol. The van der Waals surface area contributed by atoms with Crippen LogP contribution in [-0.4, -0.2) is 21.7 Å². The van der Waals surface area contributed by atoms with Gasteiger partial charge in [-0.2, -0.15) is 13.2 Å². The van der Waals surface area contributed by atoms with E-state index in [2.05, 4.69) is 25.6 Å². The summed E-state index contributed by atoms with van der Waals surface area (Å²) < 4.78 is 38.5. The predicted molar refractivity (Wildman–Crippen MR) is 112 cm³/mol. The predicted octanol–water partition coefficient (Wildman–Crippen LogP) is 5.75. The number of benzene rings is 1. The Balaban J connectivity index is 1.53. The molecule has 0 spiro atoms. The average molecular weight is 466 g/mol. The molecule has 3 aromatic rings. The molecule has 6 nitrogen and oxygen atoms in total. The molecule has 0 saturated heterocycles. The van der Waals surface area contributed by atoms with Crippen molar-refractivity contribution in [3.8, 4) is 0 Å². The van der Waals surface area contributed by atoms with Crippen molar-refractivity contribution >= 4 is 52.1 Å². The van der Waals surface area contributed by atoms with Crippen molar-refractivity contribution in [1.29, 1.82) is 0 Å². The smallest absolute Gasteiger partial charge is 0.342 e. The molecule has 2 N–H and O–H groups in total. The van der Waals surface area contributed by atoms with Crippen molar-refractivity contribution in [3.05, 3.63) is 75.7 Å². The Morgan fingerprint density at radius 1 is 1.13 bits per heavy atom. The number of fused-ring (bicyclic) bond motifs is 1. The molecule has 31 heavy (non-hydrogen) atoms. The van der Waals surface area contributed by atoms with Crippen LogP contribution >= 0.6 is 23.2 Å². The highest BCUT2D eigenvalue weighted by molar-refractivity contribution is 6.39. The van der Waals surface area contributed by atoms with Gasteiger partial charge in [0, 0.05) is 12.6 Å². The van der Waals surface area contributed by atoms with Crippen molar-refractivity contribution in [2.45, 2.75) is 12.6 Å². The van der Waals surface area contributed by atoms with Crippen LogP contribution in [0.2, 0.25) is 10.0 Å². The van der Waals surface area contributed by atoms with Crippen LogP contribution in [0, 0.1) is 0 Å². The van der Waals surface area contributed by atoms with Gasteiger partial charge in [-0.05, 0) is 35.9 Å². The third-order valence-electron chi connectivity index (χ3n) is 4.37. The molecule has 1 aliphatic rings. The number of nitrogens with one attached hydrogen (secondary N) is 2. The third-order valence-corrected chi connectivity index (χ3v) is 4.98. The molecule has 4 rings (SSSR count). The number of pyridine rings is 2. The van der Waals surface area contributed by atoms with Gasteiger partial charge in [-0.1, -0.05) is 29.3 Å². The molecular formula is C20H12Cl2F3N5O. The highest BCUT2D eigenvalue weighted by Gasteiger charge is 2.31. The lowest BCUT2D eigenvalue weighted by molar-refractivity contribution is -0.137. The van der Waals surface area contributed by atoms with E-state index in [1.165, 1.54) is 12.3 Å². The second kappa shape index (κ2) is 8.16. The fourth-order valence-electron chi connectivity index (χ4n) is 2.91. The number of carbonyl (C=O) groups excluding carboxylic acids is 1. The van der Waals surface area contributed by atoms with Crippen LogP contribution < -0.4 is 10.6 Å². The van der Waals surface area contributed by atoms with Gasteiger partial charge in [0.2, 0.25) is 0 Å². The molecule has 2 aromatic heterocycles. The lowest BCUT2D eigenvalue weighted by Crippen LogP contribution is -2.16. The largest absolute Gasteiger partial charge is 0.416 e. The van der Waals surface area contributed by atoms with Gasteiger partial charge in [-0.3, -0.25) is 4.79 Å². The summed E-state index contributed by atoms with van der Waals surface area (Å²) in [4.78, 5) is 24.7. The van der Waals surface area contributed by atoms with Crippen LogP contribution in [0.4, 0.5) is 30.4 Å². The molecule has 0 unspecified atom stereocenters. The maximum absolute atomic E-state index is 12.8. The molecule has 0 bridgehead atoms. The number of aliphatic imine (C=N–C) groups is 1. The van der Waals surface area contributed by atoms with Crippen molar-refractivity contribution in [3.63, 3.8) is 0 Å². The number of para-hydroxylation sites is 1. The average Bonchev–Trinajstić information content (AvgIpc) is 3.12. The van der Waals surface area contributed by atoms with Gasteiger partial charge in [0.1, 0.15) is 23.0 Å². The van der Waals surface area contributed by atoms with E-state index in [-0.39, 0.29) is 11.5 Å². The monoisotopic (exact) mass is 465 g/mol. The molecule has 0 aliphatic carbocycles. The SMILES string of the molecule is O=C(Nc1cc(C(F)(F)F)ccn1)c1cc2c(cn1)NC(=Nc1c(Cl)cccc1Cl)C2. The van der Waals surface area contributed by atoms with Gasteiger partial charge in [-0.25, -0.2) is 15.0 Å². The zero-order chi connectivity index (χ0) is 22.2. The Kier molecular flexibility index (Phi) is 5.55. The summed E-state index contributed by atoms with van der Waals surface area (Å²) in [6.07, 6.45) is -1.76. The van der Waals surface area contributed by atoms with Crippen molar-refractivity contribution < 1.29 is 18.0 Å². The first kappa shape index (κ1) is 21.1. The Morgan fingerprint density at radius 3 is 2.58 bits per heavy atom. The number of hydrogen-bond acceptors (Lipinski definition) is 4. The number of rotatable bonds is 3. The summed E-state index contributed by atoms with van der Waals surface area (Å²) in [6.45, 7) is 0. The quantitative estimate of drug-likeness (QED) is 0.515. The topological polar surface area (TPSA) is 79.3 Å². The van der Waals surface area contributed by atoms with E-state index in [0.717, 1.165) is 23.9 Å². The molecule has 0 atom stereocenters. The van der Waals surface area contributed by atoms with Crippen molar-refractivity contribution in [2.75, 3.05) is 10.6 Å². The van der Waals surface area contributed by atoms with Gasteiger partial charge in [0.15, 0.2) is 0 Å². The van der Waals surface area contributed by atoms with Crippen LogP contribution in [0.1, 0.15) is 21.6 Å². The second-order valence-electron chi connectivity index (χ2n) is 6.54. The van der Waals surface area contributed by atoms with Gasteiger partial charge in [0.25, 0.3) is 5.91 Å². The van der Waals surface area contributed by atoms with E-state index in [4.69, 9.17) is 23.2 Å². The number of aromatic nitrogens is 2. The van der Waals surface area contributed by atoms with Crippen LogP contribution in [0.5, 0.6) is 0 Å². The van der Waals surface area contributed by atoms with Crippen LogP contribution in [0.15, 0.2) is 53.8 Å². The molecule has 0 saturated carbocycles. The molecule has 3 heterocycles. The van der Waals surface area contributed by atoms with E-state index < -0.39 is 17.6 Å². The molecule has 0 fully saturated rings. The maximum Gasteiger partial charge on any atom is 0.416 e. The molecule has 1 aromatic carbocycles. The second-order valence-corrected chi connectivity index (χ2v) is 7.35. The maximum atomic E-state index is 12.8. The number of hydrogen-bond donors (Lipinski definition) is 2. The zero-order valence-corrected chi connectivity index (χ0v) is 17.0. The minimum absolute atomic E-state index is 0.0248. The summed E-state index contributed by atoms with van der Waals surface area (Å²) in [5, 5.41) is 6.19. The summed E-state index contributed by atoms with van der Waals surface area (Å²) in [5.74, 6) is -0.353. The molecule has 0 radical (unpaired) electrons. The lowest BCUT2D eigenvalue weighted by Gasteiger charge is -2.09. The highest BCUT2D eigenvalue weighted by atomic mass is 35.5. The van der Waals surface area contributed by atoms with Crippen LogP contribution in [0.25, 0.3) is 0 Å². The van der Waals surface area contributed by atoms with E-state index in [9.17, 15) is 18.0 Å². The van der Waals surface area contributed by atoms with Crippen LogP contribution in [-0.2, 0) is 12.6 Å². The van der Waals surface area contributed by atoms with E-state index in [1.54, 1.807) is 18.2 Å². The Labute approximate surface area is 184 Å². The number of amides is 1. The summed E-state index contributed by atoms with van der Waals surface area (Å²) in [6, 6.07) is 8.15. The summed E-state index contributed by atoms with van der Waals surface area (Å²) >= 11 is 12.3. The third kappa shape index (κ3) is 4.62. The van der Waals surface area contributed by atoms with Gasteiger partial charge >= 0.3 is 6.18 Å². The molecule has 1 aliphatic heterocycles. The van der Waals surface area contributed by atoms with Gasteiger partial charge < -0.3 is 10.6 Å². The number of carbonyl (C=O) groups is 1. The van der Waals surface area contributed by atoms with E-state index in [0.29, 0.717) is 33.7 Å². The summed E-state index contributed by atoms with van der Waals surface area (Å²) in [5.41, 5.74) is 0.914. The van der Waals surface area contributed by atoms with E-state index >= 15 is 0 Å². The first-order valence-electron chi connectivity index (χ1n) is 8.83. The van der Waals surface area contributed by atoms with Crippen molar-refractivity contribution in [2.24, 2.45) is 4.99 Å². The van der Waals surface area contributed by atoms with E-state index in [1.807, 2.05) is 0 Å². The van der Waals surface area contributed by atoms with Crippen LogP contribution in [0.3, 0.4) is 0 Å². The standard InChI is InChI=1S/C20H12Cl2F3N5O/c21-12-2-1-3-13(22)18(12)29-17-7-10-6-14(27-9-15(10)28-17)19(31)30-16-8-11(4-5-26-16)20(23,24)25/h1-6,8-9H,7H2,(H,28,29)(H,26,30,31). The fraction of sp³-hybridized carbons (Fsp3) is 0.100. The Bertz CT molecular complexity index is 1190. The number of nitrogens with zero attached hydrogens (tertiary/aromatic N) is 3. The fourth-order valence-corrected chi connectivity index (χ4v) is 3.40. The number of anilines is 2. The number of alkyl halides is 3. The lowest BCUT2D eigenvalue weighted by atomic mass is 10.1. The van der Waals surface area contributed by atoms with Gasteiger partial charge in [0.05, 0.1) is 27.5 Å². The number of halogens is 5. The summed E-state index contributed by atoms with van der Waals surface area (Å²) in [7, 11) is 0. The molecule has 158 valence electrons. The van der Waals surface area contributed by atoms with Crippen molar-refractivity contribution in [1.82, 2.24) is 9.97 Å². The molecule has 11 heteroatoms. The van der Waals surface area contributed by atoms with Gasteiger partial charge in [-0.15, -0.1) is 0 Å².